The van der Waals surface area contributed by atoms with Crippen LogP contribution in [0.1, 0.15) is 17.5 Å². The maximum absolute atomic E-state index is 10.9. The minimum absolute atomic E-state index is 0.0557. The molecule has 0 fully saturated rings. The van der Waals surface area contributed by atoms with Gasteiger partial charge in [0.05, 0.1) is 5.75 Å². The molecule has 0 atom stereocenters. The average Bonchev–Trinajstić information content (AvgIpc) is 3.28. The second-order valence-electron chi connectivity index (χ2n) is 5.83. The van der Waals surface area contributed by atoms with E-state index in [0.29, 0.717) is 14.9 Å². The van der Waals surface area contributed by atoms with Gasteiger partial charge in [0.15, 0.2) is 5.16 Å². The molecule has 3 aromatic rings. The van der Waals surface area contributed by atoms with Crippen molar-refractivity contribution >= 4 is 56.6 Å². The fourth-order valence-corrected chi connectivity index (χ4v) is 6.10. The van der Waals surface area contributed by atoms with Gasteiger partial charge in [-0.1, -0.05) is 35.5 Å². The summed E-state index contributed by atoms with van der Waals surface area (Å²) in [7, 11) is 0. The summed E-state index contributed by atoms with van der Waals surface area (Å²) in [4.78, 5) is 12.1. The van der Waals surface area contributed by atoms with Gasteiger partial charge in [-0.25, -0.2) is 0 Å². The normalized spacial score (nSPS) is 13.2. The highest BCUT2D eigenvalue weighted by Gasteiger charge is 2.27. The molecule has 0 unspecified atom stereocenters. The van der Waals surface area contributed by atoms with E-state index in [4.69, 9.17) is 16.7 Å². The van der Waals surface area contributed by atoms with Crippen LogP contribution in [0.5, 0.6) is 0 Å². The number of carboxylic acids is 1. The summed E-state index contributed by atoms with van der Waals surface area (Å²) in [5, 5.41) is 19.6. The Bertz CT molecular complexity index is 1000. The number of thioether (sulfide) groups is 1. The van der Waals surface area contributed by atoms with Crippen molar-refractivity contribution in [3.63, 3.8) is 0 Å². The number of fused-ring (bicyclic) bond motifs is 1. The fourth-order valence-electron chi connectivity index (χ4n) is 3.14. The van der Waals surface area contributed by atoms with Crippen LogP contribution in [-0.4, -0.2) is 31.6 Å². The van der Waals surface area contributed by atoms with Crippen LogP contribution in [0, 0.1) is 0 Å². The summed E-state index contributed by atoms with van der Waals surface area (Å²) in [5.41, 5.74) is 3.75. The lowest BCUT2D eigenvalue weighted by Crippen LogP contribution is -2.02. The molecule has 1 aliphatic carbocycles. The first-order valence-corrected chi connectivity index (χ1v) is 10.9. The Morgan fingerprint density at radius 1 is 1.35 bits per heavy atom. The molecule has 2 aromatic heterocycles. The lowest BCUT2D eigenvalue weighted by atomic mass is 10.1. The van der Waals surface area contributed by atoms with Crippen LogP contribution in [-0.2, 0) is 17.6 Å². The van der Waals surface area contributed by atoms with Crippen LogP contribution >= 0.6 is 50.6 Å². The number of nitrogens with zero attached hydrogens (tertiary/aromatic N) is 3. The van der Waals surface area contributed by atoms with Gasteiger partial charge in [0.1, 0.15) is 5.00 Å². The number of carbonyl (C=O) groups is 1. The van der Waals surface area contributed by atoms with Crippen molar-refractivity contribution in [3.05, 3.63) is 45.1 Å². The number of hydrogen-bond donors (Lipinski definition) is 1. The van der Waals surface area contributed by atoms with Gasteiger partial charge < -0.3 is 5.11 Å². The standard InChI is InChI=1S/C17H13BrClN3O2S2/c18-16-20-21-17(25-8-13(23)24)22(16)15-12-6-2-5-11(12)14(26-15)9-3-1-4-10(19)7-9/h1,3-4,7H,2,5-6,8H2,(H,23,24). The van der Waals surface area contributed by atoms with Crippen molar-refractivity contribution in [3.8, 4) is 15.4 Å². The van der Waals surface area contributed by atoms with E-state index in [0.717, 1.165) is 29.8 Å². The van der Waals surface area contributed by atoms with E-state index in [9.17, 15) is 4.79 Å². The third-order valence-electron chi connectivity index (χ3n) is 4.16. The molecule has 2 heterocycles. The molecule has 0 bridgehead atoms. The van der Waals surface area contributed by atoms with Crippen molar-refractivity contribution in [1.82, 2.24) is 14.8 Å². The Kier molecular flexibility index (Phi) is 5.09. The summed E-state index contributed by atoms with van der Waals surface area (Å²) < 4.78 is 2.50. The van der Waals surface area contributed by atoms with Gasteiger partial charge in [-0.15, -0.1) is 21.5 Å². The summed E-state index contributed by atoms with van der Waals surface area (Å²) in [6.07, 6.45) is 3.14. The Hall–Kier alpha value is -1.35. The smallest absolute Gasteiger partial charge is 0.313 e. The van der Waals surface area contributed by atoms with E-state index in [1.807, 2.05) is 22.8 Å². The first-order valence-electron chi connectivity index (χ1n) is 7.91. The first kappa shape index (κ1) is 18.0. The zero-order chi connectivity index (χ0) is 18.3. The fraction of sp³-hybridized carbons (Fsp3) is 0.235. The third kappa shape index (κ3) is 3.31. The lowest BCUT2D eigenvalue weighted by Gasteiger charge is -2.06. The lowest BCUT2D eigenvalue weighted by molar-refractivity contribution is -0.133. The van der Waals surface area contributed by atoms with E-state index in [1.165, 1.54) is 27.8 Å². The Balaban J connectivity index is 1.83. The predicted octanol–water partition coefficient (Wildman–Crippen LogP) is 5.08. The number of benzene rings is 1. The van der Waals surface area contributed by atoms with Crippen LogP contribution in [0.3, 0.4) is 0 Å². The molecule has 1 N–H and O–H groups in total. The van der Waals surface area contributed by atoms with Crippen molar-refractivity contribution in [2.45, 2.75) is 24.4 Å². The van der Waals surface area contributed by atoms with Gasteiger partial charge in [0.25, 0.3) is 0 Å². The highest BCUT2D eigenvalue weighted by atomic mass is 79.9. The topological polar surface area (TPSA) is 68.0 Å². The molecule has 0 saturated heterocycles. The third-order valence-corrected chi connectivity index (χ3v) is 7.13. The van der Waals surface area contributed by atoms with Crippen molar-refractivity contribution < 1.29 is 9.90 Å². The molecule has 134 valence electrons. The van der Waals surface area contributed by atoms with Gasteiger partial charge >= 0.3 is 5.97 Å². The second kappa shape index (κ2) is 7.34. The molecule has 0 radical (unpaired) electrons. The van der Waals surface area contributed by atoms with Gasteiger partial charge in [-0.2, -0.15) is 0 Å². The number of thiophene rings is 1. The number of carboxylic acid groups (broad SMARTS) is 1. The Morgan fingerprint density at radius 3 is 2.92 bits per heavy atom. The molecule has 0 amide bonds. The molecule has 5 nitrogen and oxygen atoms in total. The van der Waals surface area contributed by atoms with Crippen LogP contribution in [0.15, 0.2) is 34.2 Å². The van der Waals surface area contributed by atoms with Crippen molar-refractivity contribution in [1.29, 1.82) is 0 Å². The average molecular weight is 471 g/mol. The van der Waals surface area contributed by atoms with Crippen LogP contribution in [0.25, 0.3) is 15.4 Å². The minimum Gasteiger partial charge on any atom is -0.481 e. The van der Waals surface area contributed by atoms with Crippen molar-refractivity contribution in [2.75, 3.05) is 5.75 Å². The van der Waals surface area contributed by atoms with Gasteiger partial charge in [0, 0.05) is 9.90 Å². The number of aromatic nitrogens is 3. The maximum Gasteiger partial charge on any atom is 0.313 e. The van der Waals surface area contributed by atoms with Gasteiger partial charge in [0.2, 0.25) is 4.73 Å². The van der Waals surface area contributed by atoms with Gasteiger partial charge in [-0.3, -0.25) is 9.36 Å². The summed E-state index contributed by atoms with van der Waals surface area (Å²) in [6.45, 7) is 0. The van der Waals surface area contributed by atoms with E-state index in [-0.39, 0.29) is 5.75 Å². The van der Waals surface area contributed by atoms with Crippen LogP contribution in [0.2, 0.25) is 5.02 Å². The molecule has 0 aliphatic heterocycles. The minimum atomic E-state index is -0.878. The molecule has 0 saturated carbocycles. The first-order chi connectivity index (χ1) is 12.5. The largest absolute Gasteiger partial charge is 0.481 e. The highest BCUT2D eigenvalue weighted by molar-refractivity contribution is 9.10. The Labute approximate surface area is 171 Å². The molecular formula is C17H13BrClN3O2S2. The quantitative estimate of drug-likeness (QED) is 0.527. The number of aliphatic carboxylic acids is 1. The SMILES string of the molecule is O=C(O)CSc1nnc(Br)n1-c1sc(-c2cccc(Cl)c2)c2c1CCC2. The summed E-state index contributed by atoms with van der Waals surface area (Å²) in [5.74, 6) is -0.934. The van der Waals surface area contributed by atoms with Crippen LogP contribution < -0.4 is 0 Å². The molecule has 9 heteroatoms. The molecule has 26 heavy (non-hydrogen) atoms. The second-order valence-corrected chi connectivity index (χ2v) is 8.91. The zero-order valence-electron chi connectivity index (χ0n) is 13.4. The monoisotopic (exact) mass is 469 g/mol. The summed E-state index contributed by atoms with van der Waals surface area (Å²) >= 11 is 12.5. The molecule has 1 aromatic carbocycles. The predicted molar refractivity (Wildman–Crippen MR) is 108 cm³/mol. The summed E-state index contributed by atoms with van der Waals surface area (Å²) in [6, 6.07) is 7.89. The Morgan fingerprint density at radius 2 is 2.15 bits per heavy atom. The molecular weight excluding hydrogens is 458 g/mol. The van der Waals surface area contributed by atoms with Gasteiger partial charge in [-0.05, 0) is 64.0 Å². The molecule has 1 aliphatic rings. The molecule has 0 spiro atoms. The highest BCUT2D eigenvalue weighted by Crippen LogP contribution is 2.45. The number of rotatable bonds is 5. The maximum atomic E-state index is 10.9. The van der Waals surface area contributed by atoms with E-state index < -0.39 is 5.97 Å². The molecule has 4 rings (SSSR count). The van der Waals surface area contributed by atoms with Crippen LogP contribution in [0.4, 0.5) is 0 Å². The number of hydrogen-bond acceptors (Lipinski definition) is 5. The van der Waals surface area contributed by atoms with E-state index in [1.54, 1.807) is 11.3 Å². The van der Waals surface area contributed by atoms with E-state index in [2.05, 4.69) is 32.2 Å². The van der Waals surface area contributed by atoms with Crippen molar-refractivity contribution in [2.24, 2.45) is 0 Å². The zero-order valence-corrected chi connectivity index (χ0v) is 17.4. The van der Waals surface area contributed by atoms with E-state index >= 15 is 0 Å². The number of halogens is 2.